The van der Waals surface area contributed by atoms with Gasteiger partial charge in [0.05, 0.1) is 36.5 Å². The number of nitrogens with zero attached hydrogens (tertiary/aromatic N) is 5. The molecule has 0 radical (unpaired) electrons. The molecule has 8 rings (SSSR count). The predicted molar refractivity (Wildman–Crippen MR) is 192 cm³/mol. The summed E-state index contributed by atoms with van der Waals surface area (Å²) >= 11 is 0. The molecule has 0 bridgehead atoms. The molecular weight excluding hydrogens is 642 g/mol. The number of carbonyl (C=O) groups excluding carboxylic acids is 2. The van der Waals surface area contributed by atoms with Crippen LogP contribution in [-0.4, -0.2) is 75.5 Å². The minimum atomic E-state index is -0.556. The van der Waals surface area contributed by atoms with Crippen molar-refractivity contribution in [3.8, 4) is 11.1 Å². The van der Waals surface area contributed by atoms with Crippen molar-refractivity contribution in [3.05, 3.63) is 149 Å². The third-order valence-corrected chi connectivity index (χ3v) is 9.95. The minimum absolute atomic E-state index is 0.00180. The highest BCUT2D eigenvalue weighted by Gasteiger charge is 2.36. The van der Waals surface area contributed by atoms with Gasteiger partial charge in [0.25, 0.3) is 11.8 Å². The van der Waals surface area contributed by atoms with Crippen LogP contribution in [0.4, 0.5) is 5.95 Å². The average molecular weight is 682 g/mol. The second-order valence-corrected chi connectivity index (χ2v) is 13.3. The number of carbonyl (C=O) groups is 2. The number of imide groups is 1. The van der Waals surface area contributed by atoms with Crippen molar-refractivity contribution in [2.45, 2.75) is 38.1 Å². The highest BCUT2D eigenvalue weighted by atomic mass is 16.7. The lowest BCUT2D eigenvalue weighted by Crippen LogP contribution is -2.50. The molecule has 2 fully saturated rings. The Bertz CT molecular complexity index is 1960. The van der Waals surface area contributed by atoms with Crippen molar-refractivity contribution < 1.29 is 24.2 Å². The molecule has 2 amide bonds. The van der Waals surface area contributed by atoms with Gasteiger partial charge in [-0.2, -0.15) is 0 Å². The van der Waals surface area contributed by atoms with Gasteiger partial charge in [-0.25, -0.2) is 9.97 Å². The molecule has 1 aromatic heterocycles. The van der Waals surface area contributed by atoms with Crippen molar-refractivity contribution in [1.82, 2.24) is 19.8 Å². The van der Waals surface area contributed by atoms with E-state index in [-0.39, 0.29) is 37.2 Å². The molecule has 4 aromatic carbocycles. The lowest BCUT2D eigenvalue weighted by atomic mass is 9.98. The summed E-state index contributed by atoms with van der Waals surface area (Å²) in [6.07, 6.45) is 3.50. The number of ether oxygens (including phenoxy) is 2. The fourth-order valence-electron chi connectivity index (χ4n) is 7.15. The number of aliphatic hydroxyl groups excluding tert-OH is 1. The van der Waals surface area contributed by atoms with Gasteiger partial charge in [-0.15, -0.1) is 0 Å². The van der Waals surface area contributed by atoms with Crippen LogP contribution >= 0.6 is 0 Å². The van der Waals surface area contributed by atoms with E-state index < -0.39 is 6.29 Å². The van der Waals surface area contributed by atoms with Gasteiger partial charge in [-0.1, -0.05) is 78.9 Å². The van der Waals surface area contributed by atoms with E-state index >= 15 is 0 Å². The molecule has 3 atom stereocenters. The third kappa shape index (κ3) is 7.04. The minimum Gasteiger partial charge on any atom is -0.392 e. The van der Waals surface area contributed by atoms with Crippen LogP contribution in [0.1, 0.15) is 61.8 Å². The first-order chi connectivity index (χ1) is 25.0. The molecule has 2 saturated heterocycles. The smallest absolute Gasteiger partial charge is 0.261 e. The highest BCUT2D eigenvalue weighted by molar-refractivity contribution is 6.21. The molecule has 0 spiro atoms. The number of aromatic nitrogens is 2. The molecular formula is C41H39N5O5. The van der Waals surface area contributed by atoms with Gasteiger partial charge in [0.2, 0.25) is 5.95 Å². The van der Waals surface area contributed by atoms with Crippen molar-refractivity contribution in [3.63, 3.8) is 0 Å². The number of benzene rings is 4. The molecule has 5 aromatic rings. The highest BCUT2D eigenvalue weighted by Crippen LogP contribution is 2.39. The Morgan fingerprint density at radius 3 is 2.06 bits per heavy atom. The second kappa shape index (κ2) is 14.5. The molecule has 1 N–H and O–H groups in total. The molecule has 3 aliphatic rings. The zero-order chi connectivity index (χ0) is 34.7. The Morgan fingerprint density at radius 1 is 0.686 bits per heavy atom. The number of rotatable bonds is 9. The van der Waals surface area contributed by atoms with E-state index in [4.69, 9.17) is 9.47 Å². The molecule has 51 heavy (non-hydrogen) atoms. The summed E-state index contributed by atoms with van der Waals surface area (Å²) in [6, 6.07) is 32.9. The largest absolute Gasteiger partial charge is 0.392 e. The standard InChI is InChI=1S/C41H39N5O5/c47-27-28-9-11-31(12-10-28)37-24-34(26-44-19-21-45(22-20-44)41-42-17-4-18-43-41)50-40(51-37)32-15-13-30(14-16-32)33-6-3-5-29(23-33)25-46-38(48)35-7-1-2-8-36(35)39(46)49/h1-18,23,34,37,40,47H,19-22,24-27H2. The molecule has 258 valence electrons. The van der Waals surface area contributed by atoms with Crippen LogP contribution in [0.25, 0.3) is 11.1 Å². The Balaban J connectivity index is 0.968. The molecule has 3 unspecified atom stereocenters. The lowest BCUT2D eigenvalue weighted by Gasteiger charge is -2.40. The van der Waals surface area contributed by atoms with Gasteiger partial charge in [0.15, 0.2) is 6.29 Å². The van der Waals surface area contributed by atoms with E-state index in [1.54, 1.807) is 36.7 Å². The van der Waals surface area contributed by atoms with Gasteiger partial charge < -0.3 is 19.5 Å². The van der Waals surface area contributed by atoms with Crippen LogP contribution in [-0.2, 0) is 22.6 Å². The number of amides is 2. The summed E-state index contributed by atoms with van der Waals surface area (Å²) in [5.41, 5.74) is 6.62. The number of fused-ring (bicyclic) bond motifs is 1. The Hall–Kier alpha value is -5.26. The van der Waals surface area contributed by atoms with Crippen LogP contribution in [0.3, 0.4) is 0 Å². The first-order valence-electron chi connectivity index (χ1n) is 17.4. The topological polar surface area (TPSA) is 108 Å². The van der Waals surface area contributed by atoms with E-state index in [9.17, 15) is 14.7 Å². The van der Waals surface area contributed by atoms with Crippen LogP contribution in [0.2, 0.25) is 0 Å². The van der Waals surface area contributed by atoms with Gasteiger partial charge >= 0.3 is 0 Å². The maximum atomic E-state index is 13.0. The number of aliphatic hydroxyl groups is 1. The van der Waals surface area contributed by atoms with E-state index in [1.807, 2.05) is 66.7 Å². The van der Waals surface area contributed by atoms with Gasteiger partial charge in [0.1, 0.15) is 0 Å². The van der Waals surface area contributed by atoms with Crippen LogP contribution < -0.4 is 4.90 Å². The normalized spacial score (nSPS) is 20.8. The fraction of sp³-hybridized carbons (Fsp3) is 0.268. The summed E-state index contributed by atoms with van der Waals surface area (Å²) in [6.45, 7) is 4.47. The maximum absolute atomic E-state index is 13.0. The molecule has 0 saturated carbocycles. The summed E-state index contributed by atoms with van der Waals surface area (Å²) in [4.78, 5) is 40.7. The second-order valence-electron chi connectivity index (χ2n) is 13.3. The molecule has 10 nitrogen and oxygen atoms in total. The lowest BCUT2D eigenvalue weighted by molar-refractivity contribution is -0.253. The van der Waals surface area contributed by atoms with E-state index in [1.165, 1.54) is 4.90 Å². The summed E-state index contributed by atoms with van der Waals surface area (Å²) in [7, 11) is 0. The van der Waals surface area contributed by atoms with Gasteiger partial charge in [0, 0.05) is 57.1 Å². The SMILES string of the molecule is O=C1c2ccccc2C(=O)N1Cc1cccc(-c2ccc(C3OC(CN4CCN(c5ncccn5)CC4)CC(c4ccc(CO)cc4)O3)cc2)c1. The summed E-state index contributed by atoms with van der Waals surface area (Å²) in [5, 5.41) is 9.59. The summed E-state index contributed by atoms with van der Waals surface area (Å²) in [5.74, 6) is 0.245. The Labute approximate surface area is 296 Å². The third-order valence-electron chi connectivity index (χ3n) is 9.95. The summed E-state index contributed by atoms with van der Waals surface area (Å²) < 4.78 is 13.3. The maximum Gasteiger partial charge on any atom is 0.261 e. The quantitative estimate of drug-likeness (QED) is 0.193. The first kappa shape index (κ1) is 32.9. The van der Waals surface area contributed by atoms with Crippen molar-refractivity contribution in [1.29, 1.82) is 0 Å². The van der Waals surface area contributed by atoms with Crippen LogP contribution in [0.5, 0.6) is 0 Å². The first-order valence-corrected chi connectivity index (χ1v) is 17.4. The van der Waals surface area contributed by atoms with Crippen molar-refractivity contribution in [2.75, 3.05) is 37.6 Å². The number of hydrogen-bond acceptors (Lipinski definition) is 9. The number of piperazine rings is 1. The zero-order valence-electron chi connectivity index (χ0n) is 28.2. The zero-order valence-corrected chi connectivity index (χ0v) is 28.2. The van der Waals surface area contributed by atoms with E-state index in [2.05, 4.69) is 31.9 Å². The van der Waals surface area contributed by atoms with Crippen molar-refractivity contribution in [2.24, 2.45) is 0 Å². The monoisotopic (exact) mass is 681 g/mol. The molecule has 3 aliphatic heterocycles. The predicted octanol–water partition coefficient (Wildman–Crippen LogP) is 5.80. The van der Waals surface area contributed by atoms with Gasteiger partial charge in [-0.05, 0) is 52.1 Å². The van der Waals surface area contributed by atoms with Crippen LogP contribution in [0, 0.1) is 0 Å². The Kier molecular flexibility index (Phi) is 9.38. The number of anilines is 1. The Morgan fingerprint density at radius 2 is 1.37 bits per heavy atom. The van der Waals surface area contributed by atoms with E-state index in [0.29, 0.717) is 11.1 Å². The van der Waals surface area contributed by atoms with Crippen molar-refractivity contribution >= 4 is 17.8 Å². The fourth-order valence-corrected chi connectivity index (χ4v) is 7.15. The van der Waals surface area contributed by atoms with Gasteiger partial charge in [-0.3, -0.25) is 19.4 Å². The molecule has 0 aliphatic carbocycles. The molecule has 10 heteroatoms. The number of hydrogen-bond donors (Lipinski definition) is 1. The van der Waals surface area contributed by atoms with Crippen LogP contribution in [0.15, 0.2) is 116 Å². The van der Waals surface area contributed by atoms with E-state index in [0.717, 1.165) is 78.5 Å². The average Bonchev–Trinajstić information content (AvgIpc) is 3.43. The molecule has 4 heterocycles.